The SMILES string of the molecule is Clc1cccc(N2CCN(c3ccccn3)CC2)c1Cl. The molecule has 3 rings (SSSR count). The van der Waals surface area contributed by atoms with Gasteiger partial charge in [-0.1, -0.05) is 35.3 Å². The maximum absolute atomic E-state index is 6.28. The van der Waals surface area contributed by atoms with Crippen LogP contribution in [0.1, 0.15) is 0 Å². The first-order chi connectivity index (χ1) is 9.75. The second kappa shape index (κ2) is 5.90. The van der Waals surface area contributed by atoms with Crippen LogP contribution in [0.15, 0.2) is 42.6 Å². The number of piperazine rings is 1. The first-order valence-corrected chi connectivity index (χ1v) is 7.36. The molecule has 20 heavy (non-hydrogen) atoms. The quantitative estimate of drug-likeness (QED) is 0.843. The average Bonchev–Trinajstić information content (AvgIpc) is 2.51. The molecular weight excluding hydrogens is 293 g/mol. The van der Waals surface area contributed by atoms with E-state index < -0.39 is 0 Å². The van der Waals surface area contributed by atoms with Crippen LogP contribution in [0.3, 0.4) is 0 Å². The molecule has 1 aliphatic heterocycles. The third-order valence-electron chi connectivity index (χ3n) is 3.52. The van der Waals surface area contributed by atoms with E-state index in [-0.39, 0.29) is 0 Å². The third kappa shape index (κ3) is 2.69. The van der Waals surface area contributed by atoms with Gasteiger partial charge >= 0.3 is 0 Å². The Morgan fingerprint density at radius 1 is 0.850 bits per heavy atom. The molecule has 5 heteroatoms. The summed E-state index contributed by atoms with van der Waals surface area (Å²) >= 11 is 12.4. The molecule has 0 saturated carbocycles. The smallest absolute Gasteiger partial charge is 0.128 e. The van der Waals surface area contributed by atoms with Crippen molar-refractivity contribution in [2.75, 3.05) is 36.0 Å². The van der Waals surface area contributed by atoms with Crippen LogP contribution in [0.2, 0.25) is 10.0 Å². The van der Waals surface area contributed by atoms with E-state index in [1.54, 1.807) is 0 Å². The molecule has 0 spiro atoms. The monoisotopic (exact) mass is 307 g/mol. The highest BCUT2D eigenvalue weighted by molar-refractivity contribution is 6.43. The number of hydrogen-bond acceptors (Lipinski definition) is 3. The summed E-state index contributed by atoms with van der Waals surface area (Å²) in [6, 6.07) is 11.8. The van der Waals surface area contributed by atoms with Gasteiger partial charge in [0.2, 0.25) is 0 Å². The molecule has 0 unspecified atom stereocenters. The lowest BCUT2D eigenvalue weighted by molar-refractivity contribution is 0.647. The minimum atomic E-state index is 0.608. The summed E-state index contributed by atoms with van der Waals surface area (Å²) in [5.41, 5.74) is 1.01. The largest absolute Gasteiger partial charge is 0.367 e. The van der Waals surface area contributed by atoms with Crippen molar-refractivity contribution in [1.29, 1.82) is 0 Å². The first-order valence-electron chi connectivity index (χ1n) is 6.60. The summed E-state index contributed by atoms with van der Waals surface area (Å²) in [7, 11) is 0. The lowest BCUT2D eigenvalue weighted by Crippen LogP contribution is -2.46. The lowest BCUT2D eigenvalue weighted by Gasteiger charge is -2.37. The van der Waals surface area contributed by atoms with Crippen LogP contribution in [-0.2, 0) is 0 Å². The molecule has 1 aromatic heterocycles. The predicted octanol–water partition coefficient (Wildman–Crippen LogP) is 3.72. The fourth-order valence-corrected chi connectivity index (χ4v) is 2.87. The average molecular weight is 308 g/mol. The van der Waals surface area contributed by atoms with E-state index in [2.05, 4.69) is 14.8 Å². The predicted molar refractivity (Wildman–Crippen MR) is 85.1 cm³/mol. The van der Waals surface area contributed by atoms with Crippen molar-refractivity contribution in [2.24, 2.45) is 0 Å². The fraction of sp³-hybridized carbons (Fsp3) is 0.267. The molecule has 2 aromatic rings. The van der Waals surface area contributed by atoms with Crippen molar-refractivity contribution >= 4 is 34.7 Å². The van der Waals surface area contributed by atoms with Gasteiger partial charge in [0.25, 0.3) is 0 Å². The third-order valence-corrected chi connectivity index (χ3v) is 4.33. The van der Waals surface area contributed by atoms with E-state index >= 15 is 0 Å². The Morgan fingerprint density at radius 2 is 1.60 bits per heavy atom. The normalized spacial score (nSPS) is 15.5. The number of benzene rings is 1. The van der Waals surface area contributed by atoms with Crippen molar-refractivity contribution in [3.8, 4) is 0 Å². The van der Waals surface area contributed by atoms with Gasteiger partial charge in [-0.3, -0.25) is 0 Å². The van der Waals surface area contributed by atoms with Crippen molar-refractivity contribution in [3.05, 3.63) is 52.6 Å². The molecule has 104 valence electrons. The highest BCUT2D eigenvalue weighted by Gasteiger charge is 2.20. The first kappa shape index (κ1) is 13.5. The number of anilines is 2. The van der Waals surface area contributed by atoms with Gasteiger partial charge in [-0.25, -0.2) is 4.98 Å². The molecule has 1 saturated heterocycles. The molecule has 0 atom stereocenters. The Kier molecular flexibility index (Phi) is 3.99. The standard InChI is InChI=1S/C15H15Cl2N3/c16-12-4-3-5-13(15(12)17)19-8-10-20(11-9-19)14-6-1-2-7-18-14/h1-7H,8-11H2. The second-order valence-electron chi connectivity index (χ2n) is 4.73. The molecule has 1 fully saturated rings. The summed E-state index contributed by atoms with van der Waals surface area (Å²) in [6.45, 7) is 3.69. The highest BCUT2D eigenvalue weighted by atomic mass is 35.5. The summed E-state index contributed by atoms with van der Waals surface area (Å²) < 4.78 is 0. The number of halogens is 2. The van der Waals surface area contributed by atoms with Gasteiger partial charge in [0, 0.05) is 32.4 Å². The van der Waals surface area contributed by atoms with Crippen LogP contribution in [-0.4, -0.2) is 31.2 Å². The van der Waals surface area contributed by atoms with E-state index in [1.165, 1.54) is 0 Å². The Morgan fingerprint density at radius 3 is 2.30 bits per heavy atom. The van der Waals surface area contributed by atoms with Crippen molar-refractivity contribution in [2.45, 2.75) is 0 Å². The summed E-state index contributed by atoms with van der Waals surface area (Å²) in [5.74, 6) is 1.03. The zero-order valence-electron chi connectivity index (χ0n) is 11.0. The minimum absolute atomic E-state index is 0.608. The van der Waals surface area contributed by atoms with E-state index in [0.717, 1.165) is 37.7 Å². The van der Waals surface area contributed by atoms with Crippen molar-refractivity contribution in [1.82, 2.24) is 4.98 Å². The number of pyridine rings is 1. The molecule has 1 aliphatic rings. The molecule has 1 aromatic carbocycles. The maximum Gasteiger partial charge on any atom is 0.128 e. The van der Waals surface area contributed by atoms with Crippen molar-refractivity contribution < 1.29 is 0 Å². The van der Waals surface area contributed by atoms with Gasteiger partial charge < -0.3 is 9.80 Å². The Labute approximate surface area is 128 Å². The van der Waals surface area contributed by atoms with E-state index in [4.69, 9.17) is 23.2 Å². The summed E-state index contributed by atoms with van der Waals surface area (Å²) in [6.07, 6.45) is 1.83. The van der Waals surface area contributed by atoms with Gasteiger partial charge in [0.1, 0.15) is 5.82 Å². The van der Waals surface area contributed by atoms with Crippen LogP contribution in [0.5, 0.6) is 0 Å². The molecule has 0 amide bonds. The minimum Gasteiger partial charge on any atom is -0.367 e. The topological polar surface area (TPSA) is 19.4 Å². The van der Waals surface area contributed by atoms with Crippen LogP contribution in [0.25, 0.3) is 0 Å². The van der Waals surface area contributed by atoms with Crippen LogP contribution in [0, 0.1) is 0 Å². The highest BCUT2D eigenvalue weighted by Crippen LogP contribution is 2.33. The molecule has 0 N–H and O–H groups in total. The van der Waals surface area contributed by atoms with E-state index in [1.807, 2.05) is 42.6 Å². The van der Waals surface area contributed by atoms with Gasteiger partial charge in [0.05, 0.1) is 15.7 Å². The number of rotatable bonds is 2. The van der Waals surface area contributed by atoms with Gasteiger partial charge in [-0.2, -0.15) is 0 Å². The molecule has 3 nitrogen and oxygen atoms in total. The maximum atomic E-state index is 6.28. The Bertz CT molecular complexity index is 581. The number of nitrogens with zero attached hydrogens (tertiary/aromatic N) is 3. The Balaban J connectivity index is 1.71. The van der Waals surface area contributed by atoms with Gasteiger partial charge in [0.15, 0.2) is 0 Å². The summed E-state index contributed by atoms with van der Waals surface area (Å²) in [4.78, 5) is 8.95. The van der Waals surface area contributed by atoms with Crippen LogP contribution in [0.4, 0.5) is 11.5 Å². The van der Waals surface area contributed by atoms with Crippen LogP contribution >= 0.6 is 23.2 Å². The molecule has 0 aliphatic carbocycles. The molecule has 2 heterocycles. The molecule has 0 bridgehead atoms. The second-order valence-corrected chi connectivity index (χ2v) is 5.52. The number of hydrogen-bond donors (Lipinski definition) is 0. The van der Waals surface area contributed by atoms with E-state index in [9.17, 15) is 0 Å². The zero-order chi connectivity index (χ0) is 13.9. The zero-order valence-corrected chi connectivity index (χ0v) is 12.5. The molecule has 0 radical (unpaired) electrons. The van der Waals surface area contributed by atoms with Gasteiger partial charge in [-0.15, -0.1) is 0 Å². The number of aromatic nitrogens is 1. The molecular formula is C15H15Cl2N3. The van der Waals surface area contributed by atoms with Crippen molar-refractivity contribution in [3.63, 3.8) is 0 Å². The van der Waals surface area contributed by atoms with E-state index in [0.29, 0.717) is 10.0 Å². The van der Waals surface area contributed by atoms with Gasteiger partial charge in [-0.05, 0) is 24.3 Å². The summed E-state index contributed by atoms with van der Waals surface area (Å²) in [5, 5.41) is 1.25. The lowest BCUT2D eigenvalue weighted by atomic mass is 10.2. The fourth-order valence-electron chi connectivity index (χ4n) is 2.45. The Hall–Kier alpha value is -1.45. The van der Waals surface area contributed by atoms with Crippen LogP contribution < -0.4 is 9.80 Å².